The van der Waals surface area contributed by atoms with E-state index in [0.29, 0.717) is 31.0 Å². The zero-order chi connectivity index (χ0) is 13.9. The third-order valence-corrected chi connectivity index (χ3v) is 5.42. The van der Waals surface area contributed by atoms with Crippen LogP contribution in [0.3, 0.4) is 0 Å². The van der Waals surface area contributed by atoms with E-state index < -0.39 is 0 Å². The summed E-state index contributed by atoms with van der Waals surface area (Å²) >= 11 is 0. The zero-order valence-electron chi connectivity index (χ0n) is 12.7. The molecule has 0 radical (unpaired) electrons. The maximum absolute atomic E-state index is 12.7. The van der Waals surface area contributed by atoms with E-state index in [2.05, 4.69) is 18.7 Å². The van der Waals surface area contributed by atoms with Gasteiger partial charge in [0, 0.05) is 18.5 Å². The lowest BCUT2D eigenvalue weighted by atomic mass is 9.71. The van der Waals surface area contributed by atoms with Crippen molar-refractivity contribution in [2.24, 2.45) is 11.1 Å². The summed E-state index contributed by atoms with van der Waals surface area (Å²) in [5.41, 5.74) is 6.12. The van der Waals surface area contributed by atoms with Crippen LogP contribution in [0.15, 0.2) is 0 Å². The number of hydrogen-bond acceptors (Lipinski definition) is 2. The summed E-state index contributed by atoms with van der Waals surface area (Å²) in [7, 11) is 0. The SMILES string of the molecule is CCC1CCC(C)N1C(=O)CC1(CN)CCCCC1. The highest BCUT2D eigenvalue weighted by Gasteiger charge is 2.39. The first kappa shape index (κ1) is 14.8. The molecule has 110 valence electrons. The predicted octanol–water partition coefficient (Wildman–Crippen LogP) is 3.08. The second-order valence-electron chi connectivity index (χ2n) is 6.73. The number of hydrogen-bond donors (Lipinski definition) is 1. The minimum atomic E-state index is 0.107. The molecule has 2 fully saturated rings. The first-order valence-electron chi connectivity index (χ1n) is 8.13. The largest absolute Gasteiger partial charge is 0.337 e. The minimum absolute atomic E-state index is 0.107. The van der Waals surface area contributed by atoms with Crippen molar-refractivity contribution >= 4 is 5.91 Å². The fourth-order valence-corrected chi connectivity index (χ4v) is 4.09. The topological polar surface area (TPSA) is 46.3 Å². The molecule has 2 N–H and O–H groups in total. The van der Waals surface area contributed by atoms with Gasteiger partial charge in [0.05, 0.1) is 0 Å². The van der Waals surface area contributed by atoms with E-state index in [9.17, 15) is 4.79 Å². The van der Waals surface area contributed by atoms with Crippen molar-refractivity contribution < 1.29 is 4.79 Å². The normalized spacial score (nSPS) is 30.6. The molecular weight excluding hydrogens is 236 g/mol. The minimum Gasteiger partial charge on any atom is -0.337 e. The summed E-state index contributed by atoms with van der Waals surface area (Å²) < 4.78 is 0. The molecule has 3 nitrogen and oxygen atoms in total. The first-order valence-corrected chi connectivity index (χ1v) is 8.13. The Labute approximate surface area is 117 Å². The van der Waals surface area contributed by atoms with Gasteiger partial charge in [-0.15, -0.1) is 0 Å². The molecular formula is C16H30N2O. The lowest BCUT2D eigenvalue weighted by Gasteiger charge is -2.38. The van der Waals surface area contributed by atoms with Crippen molar-refractivity contribution in [1.29, 1.82) is 0 Å². The molecule has 2 unspecified atom stereocenters. The molecule has 19 heavy (non-hydrogen) atoms. The van der Waals surface area contributed by atoms with Crippen molar-refractivity contribution in [3.05, 3.63) is 0 Å². The molecule has 2 rings (SSSR count). The lowest BCUT2D eigenvalue weighted by Crippen LogP contribution is -2.44. The second-order valence-corrected chi connectivity index (χ2v) is 6.73. The van der Waals surface area contributed by atoms with Gasteiger partial charge in [-0.3, -0.25) is 4.79 Å². The van der Waals surface area contributed by atoms with Crippen LogP contribution >= 0.6 is 0 Å². The maximum atomic E-state index is 12.7. The molecule has 1 aliphatic heterocycles. The van der Waals surface area contributed by atoms with Crippen molar-refractivity contribution in [2.75, 3.05) is 6.54 Å². The molecule has 1 heterocycles. The number of carbonyl (C=O) groups excluding carboxylic acids is 1. The summed E-state index contributed by atoms with van der Waals surface area (Å²) in [6.45, 7) is 5.07. The standard InChI is InChI=1S/C16H30N2O/c1-3-14-8-7-13(2)18(14)15(19)11-16(12-17)9-5-4-6-10-16/h13-14H,3-12,17H2,1-2H3. The smallest absolute Gasteiger partial charge is 0.223 e. The van der Waals surface area contributed by atoms with E-state index in [1.54, 1.807) is 0 Å². The summed E-state index contributed by atoms with van der Waals surface area (Å²) in [6, 6.07) is 0.900. The third-order valence-electron chi connectivity index (χ3n) is 5.42. The van der Waals surface area contributed by atoms with Crippen LogP contribution in [0.4, 0.5) is 0 Å². The second kappa shape index (κ2) is 6.25. The Hall–Kier alpha value is -0.570. The highest BCUT2D eigenvalue weighted by Crippen LogP contribution is 2.40. The lowest BCUT2D eigenvalue weighted by molar-refractivity contribution is -0.136. The van der Waals surface area contributed by atoms with Crippen LogP contribution in [0.2, 0.25) is 0 Å². The molecule has 2 aliphatic rings. The molecule has 1 saturated heterocycles. The van der Waals surface area contributed by atoms with Gasteiger partial charge in [0.2, 0.25) is 5.91 Å². The van der Waals surface area contributed by atoms with Crippen LogP contribution < -0.4 is 5.73 Å². The number of amides is 1. The molecule has 1 aliphatic carbocycles. The molecule has 2 atom stereocenters. The van der Waals surface area contributed by atoms with Gasteiger partial charge in [-0.25, -0.2) is 0 Å². The molecule has 1 amide bonds. The van der Waals surface area contributed by atoms with E-state index in [1.165, 1.54) is 32.1 Å². The maximum Gasteiger partial charge on any atom is 0.223 e. The van der Waals surface area contributed by atoms with Crippen molar-refractivity contribution in [2.45, 2.75) is 83.7 Å². The van der Waals surface area contributed by atoms with E-state index >= 15 is 0 Å². The Morgan fingerprint density at radius 3 is 2.53 bits per heavy atom. The highest BCUT2D eigenvalue weighted by molar-refractivity contribution is 5.78. The van der Waals surface area contributed by atoms with Crippen molar-refractivity contribution in [1.82, 2.24) is 4.90 Å². The number of rotatable bonds is 4. The van der Waals surface area contributed by atoms with Crippen LogP contribution in [-0.2, 0) is 4.79 Å². The number of likely N-dealkylation sites (tertiary alicyclic amines) is 1. The molecule has 0 aromatic rings. The molecule has 3 heteroatoms. The molecule has 0 spiro atoms. The van der Waals surface area contributed by atoms with Crippen LogP contribution in [0.25, 0.3) is 0 Å². The Bertz CT molecular complexity index is 310. The zero-order valence-corrected chi connectivity index (χ0v) is 12.7. The average Bonchev–Trinajstić information content (AvgIpc) is 2.81. The van der Waals surface area contributed by atoms with Crippen LogP contribution in [-0.4, -0.2) is 29.4 Å². The van der Waals surface area contributed by atoms with E-state index in [4.69, 9.17) is 5.73 Å². The summed E-state index contributed by atoms with van der Waals surface area (Å²) in [4.78, 5) is 14.9. The van der Waals surface area contributed by atoms with Gasteiger partial charge >= 0.3 is 0 Å². The monoisotopic (exact) mass is 266 g/mol. The Morgan fingerprint density at radius 1 is 1.26 bits per heavy atom. The van der Waals surface area contributed by atoms with Gasteiger partial charge in [-0.2, -0.15) is 0 Å². The number of nitrogens with two attached hydrogens (primary N) is 1. The van der Waals surface area contributed by atoms with Crippen molar-refractivity contribution in [3.8, 4) is 0 Å². The fraction of sp³-hybridized carbons (Fsp3) is 0.938. The van der Waals surface area contributed by atoms with E-state index in [-0.39, 0.29) is 5.41 Å². The van der Waals surface area contributed by atoms with Gasteiger partial charge in [-0.1, -0.05) is 26.2 Å². The Morgan fingerprint density at radius 2 is 1.95 bits per heavy atom. The average molecular weight is 266 g/mol. The third kappa shape index (κ3) is 3.13. The van der Waals surface area contributed by atoms with Gasteiger partial charge in [0.1, 0.15) is 0 Å². The molecule has 1 saturated carbocycles. The summed E-state index contributed by atoms with van der Waals surface area (Å²) in [5.74, 6) is 0.365. The van der Waals surface area contributed by atoms with E-state index in [1.807, 2.05) is 0 Å². The van der Waals surface area contributed by atoms with Crippen LogP contribution in [0.5, 0.6) is 0 Å². The first-order chi connectivity index (χ1) is 9.12. The van der Waals surface area contributed by atoms with E-state index in [0.717, 1.165) is 19.3 Å². The number of carbonyl (C=O) groups is 1. The van der Waals surface area contributed by atoms with Crippen molar-refractivity contribution in [3.63, 3.8) is 0 Å². The summed E-state index contributed by atoms with van der Waals surface area (Å²) in [5, 5.41) is 0. The predicted molar refractivity (Wildman–Crippen MR) is 78.8 cm³/mol. The molecule has 0 bridgehead atoms. The number of nitrogens with zero attached hydrogens (tertiary/aromatic N) is 1. The summed E-state index contributed by atoms with van der Waals surface area (Å²) in [6.07, 6.45) is 10.2. The van der Waals surface area contributed by atoms with Gasteiger partial charge in [0.15, 0.2) is 0 Å². The van der Waals surface area contributed by atoms with Crippen LogP contribution in [0.1, 0.15) is 71.6 Å². The molecule has 0 aromatic carbocycles. The van der Waals surface area contributed by atoms with Gasteiger partial charge < -0.3 is 10.6 Å². The highest BCUT2D eigenvalue weighted by atomic mass is 16.2. The quantitative estimate of drug-likeness (QED) is 0.850. The molecule has 0 aromatic heterocycles. The Balaban J connectivity index is 2.02. The van der Waals surface area contributed by atoms with Gasteiger partial charge in [-0.05, 0) is 51.0 Å². The van der Waals surface area contributed by atoms with Gasteiger partial charge in [0.25, 0.3) is 0 Å². The fourth-order valence-electron chi connectivity index (χ4n) is 4.09. The Kier molecular flexibility index (Phi) is 4.88. The van der Waals surface area contributed by atoms with Crippen LogP contribution in [0, 0.1) is 5.41 Å².